The number of amides is 1. The van der Waals surface area contributed by atoms with Gasteiger partial charge in [-0.25, -0.2) is 0 Å². The maximum absolute atomic E-state index is 12.6. The zero-order valence-electron chi connectivity index (χ0n) is 13.5. The van der Waals surface area contributed by atoms with Crippen molar-refractivity contribution >= 4 is 28.2 Å². The van der Waals surface area contributed by atoms with Crippen molar-refractivity contribution in [3.05, 3.63) is 65.9 Å². The molecule has 0 atom stereocenters. The number of hydrogen-bond acceptors (Lipinski definition) is 3. The molecule has 3 rings (SSSR count). The van der Waals surface area contributed by atoms with E-state index >= 15 is 0 Å². The zero-order valence-corrected chi connectivity index (χ0v) is 13.5. The Kier molecular flexibility index (Phi) is 3.98. The Bertz CT molecular complexity index is 871. The number of pyridine rings is 1. The van der Waals surface area contributed by atoms with E-state index in [1.807, 2.05) is 80.5 Å². The minimum absolute atomic E-state index is 0.135. The lowest BCUT2D eigenvalue weighted by molar-refractivity contribution is 0.102. The molecule has 116 valence electrons. The van der Waals surface area contributed by atoms with Crippen LogP contribution >= 0.6 is 0 Å². The first-order valence-corrected chi connectivity index (χ1v) is 7.50. The van der Waals surface area contributed by atoms with Gasteiger partial charge in [0.2, 0.25) is 0 Å². The molecule has 0 spiro atoms. The number of aryl methyl sites for hydroxylation is 1. The number of carbonyl (C=O) groups excluding carboxylic acids is 1. The Hall–Kier alpha value is -2.88. The summed E-state index contributed by atoms with van der Waals surface area (Å²) < 4.78 is 0. The average Bonchev–Trinajstić information content (AvgIpc) is 2.55. The van der Waals surface area contributed by atoms with Crippen LogP contribution in [0.4, 0.5) is 11.4 Å². The fourth-order valence-electron chi connectivity index (χ4n) is 2.47. The fraction of sp³-hybridized carbons (Fsp3) is 0.158. The van der Waals surface area contributed by atoms with Crippen LogP contribution in [0.2, 0.25) is 0 Å². The molecule has 4 nitrogen and oxygen atoms in total. The summed E-state index contributed by atoms with van der Waals surface area (Å²) >= 11 is 0. The van der Waals surface area contributed by atoms with Gasteiger partial charge in [-0.15, -0.1) is 0 Å². The molecule has 3 aromatic rings. The third-order valence-electron chi connectivity index (χ3n) is 3.73. The lowest BCUT2D eigenvalue weighted by Crippen LogP contribution is -2.14. The number of hydrogen-bond donors (Lipinski definition) is 1. The normalized spacial score (nSPS) is 10.6. The first kappa shape index (κ1) is 15.0. The number of aromatic nitrogens is 1. The SMILES string of the molecule is Cc1ccc2cccc(NC(=O)c3cccc(N(C)C)c3)c2n1. The lowest BCUT2D eigenvalue weighted by Gasteiger charge is -2.14. The average molecular weight is 305 g/mol. The van der Waals surface area contributed by atoms with Crippen LogP contribution in [0.25, 0.3) is 10.9 Å². The summed E-state index contributed by atoms with van der Waals surface area (Å²) in [5.41, 5.74) is 4.08. The second-order valence-corrected chi connectivity index (χ2v) is 5.73. The predicted octanol–water partition coefficient (Wildman–Crippen LogP) is 3.86. The molecule has 0 radical (unpaired) electrons. The summed E-state index contributed by atoms with van der Waals surface area (Å²) in [4.78, 5) is 19.1. The van der Waals surface area contributed by atoms with E-state index in [1.165, 1.54) is 0 Å². The van der Waals surface area contributed by atoms with E-state index in [1.54, 1.807) is 0 Å². The van der Waals surface area contributed by atoms with Crippen LogP contribution in [0, 0.1) is 6.92 Å². The molecule has 0 saturated heterocycles. The Morgan fingerprint density at radius 2 is 1.83 bits per heavy atom. The fourth-order valence-corrected chi connectivity index (χ4v) is 2.47. The number of benzene rings is 2. The predicted molar refractivity (Wildman–Crippen MR) is 95.2 cm³/mol. The number of fused-ring (bicyclic) bond motifs is 1. The van der Waals surface area contributed by atoms with Crippen LogP contribution in [-0.2, 0) is 0 Å². The van der Waals surface area contributed by atoms with E-state index in [0.29, 0.717) is 5.56 Å². The third-order valence-corrected chi connectivity index (χ3v) is 3.73. The summed E-state index contributed by atoms with van der Waals surface area (Å²) in [6.07, 6.45) is 0. The van der Waals surface area contributed by atoms with Gasteiger partial charge in [0.15, 0.2) is 0 Å². The smallest absolute Gasteiger partial charge is 0.255 e. The van der Waals surface area contributed by atoms with E-state index in [2.05, 4.69) is 10.3 Å². The van der Waals surface area contributed by atoms with Gasteiger partial charge >= 0.3 is 0 Å². The van der Waals surface area contributed by atoms with Crippen molar-refractivity contribution in [2.45, 2.75) is 6.92 Å². The van der Waals surface area contributed by atoms with Gasteiger partial charge in [-0.3, -0.25) is 9.78 Å². The lowest BCUT2D eigenvalue weighted by atomic mass is 10.1. The number of anilines is 2. The summed E-state index contributed by atoms with van der Waals surface area (Å²) in [5.74, 6) is -0.135. The first-order valence-electron chi connectivity index (χ1n) is 7.50. The van der Waals surface area contributed by atoms with Gasteiger partial charge in [-0.2, -0.15) is 0 Å². The molecular weight excluding hydrogens is 286 g/mol. The Balaban J connectivity index is 1.94. The van der Waals surface area contributed by atoms with Crippen molar-refractivity contribution in [2.75, 3.05) is 24.3 Å². The molecule has 0 unspecified atom stereocenters. The van der Waals surface area contributed by atoms with Crippen LogP contribution in [-0.4, -0.2) is 25.0 Å². The first-order chi connectivity index (χ1) is 11.0. The number of rotatable bonds is 3. The summed E-state index contributed by atoms with van der Waals surface area (Å²) in [6, 6.07) is 17.3. The Labute approximate surface area is 135 Å². The standard InChI is InChI=1S/C19H19N3O/c1-13-10-11-14-6-5-9-17(18(14)20-13)21-19(23)15-7-4-8-16(12-15)22(2)3/h4-12H,1-3H3,(H,21,23). The highest BCUT2D eigenvalue weighted by molar-refractivity contribution is 6.08. The third kappa shape index (κ3) is 3.16. The van der Waals surface area contributed by atoms with Gasteiger partial charge in [-0.05, 0) is 37.3 Å². The van der Waals surface area contributed by atoms with Gasteiger partial charge in [0, 0.05) is 36.4 Å². The molecule has 0 aliphatic carbocycles. The maximum Gasteiger partial charge on any atom is 0.255 e. The number of nitrogens with one attached hydrogen (secondary N) is 1. The molecule has 1 aromatic heterocycles. The summed E-state index contributed by atoms with van der Waals surface area (Å²) in [5, 5.41) is 3.98. The largest absolute Gasteiger partial charge is 0.378 e. The zero-order chi connectivity index (χ0) is 16.4. The summed E-state index contributed by atoms with van der Waals surface area (Å²) in [6.45, 7) is 1.94. The minimum atomic E-state index is -0.135. The van der Waals surface area contributed by atoms with Gasteiger partial charge in [0.1, 0.15) is 0 Å². The van der Waals surface area contributed by atoms with Crippen LogP contribution in [0.3, 0.4) is 0 Å². The Morgan fingerprint density at radius 1 is 1.04 bits per heavy atom. The molecule has 23 heavy (non-hydrogen) atoms. The monoisotopic (exact) mass is 305 g/mol. The maximum atomic E-state index is 12.6. The van der Waals surface area contributed by atoms with Crippen LogP contribution in [0.15, 0.2) is 54.6 Å². The van der Waals surface area contributed by atoms with Crippen LogP contribution in [0.5, 0.6) is 0 Å². The second kappa shape index (κ2) is 6.08. The highest BCUT2D eigenvalue weighted by Gasteiger charge is 2.10. The van der Waals surface area contributed by atoms with Crippen molar-refractivity contribution in [2.24, 2.45) is 0 Å². The van der Waals surface area contributed by atoms with Gasteiger partial charge in [0.25, 0.3) is 5.91 Å². The van der Waals surface area contributed by atoms with E-state index < -0.39 is 0 Å². The van der Waals surface area contributed by atoms with Crippen LogP contribution in [0.1, 0.15) is 16.1 Å². The highest BCUT2D eigenvalue weighted by atomic mass is 16.1. The minimum Gasteiger partial charge on any atom is -0.378 e. The van der Waals surface area contributed by atoms with E-state index in [4.69, 9.17) is 0 Å². The summed E-state index contributed by atoms with van der Waals surface area (Å²) in [7, 11) is 3.91. The van der Waals surface area contributed by atoms with Crippen molar-refractivity contribution in [1.29, 1.82) is 0 Å². The molecule has 0 aliphatic heterocycles. The quantitative estimate of drug-likeness (QED) is 0.799. The molecule has 2 aromatic carbocycles. The van der Waals surface area contributed by atoms with Crippen molar-refractivity contribution in [3.8, 4) is 0 Å². The van der Waals surface area contributed by atoms with Crippen molar-refractivity contribution < 1.29 is 4.79 Å². The molecule has 1 amide bonds. The topological polar surface area (TPSA) is 45.2 Å². The van der Waals surface area contributed by atoms with Crippen molar-refractivity contribution in [1.82, 2.24) is 4.98 Å². The van der Waals surface area contributed by atoms with Crippen LogP contribution < -0.4 is 10.2 Å². The molecule has 0 aliphatic rings. The molecule has 4 heteroatoms. The molecule has 0 saturated carbocycles. The van der Waals surface area contributed by atoms with E-state index in [9.17, 15) is 4.79 Å². The molecule has 1 N–H and O–H groups in total. The number of carbonyl (C=O) groups is 1. The Morgan fingerprint density at radius 3 is 2.61 bits per heavy atom. The highest BCUT2D eigenvalue weighted by Crippen LogP contribution is 2.23. The van der Waals surface area contributed by atoms with E-state index in [0.717, 1.165) is 28.0 Å². The number of para-hydroxylation sites is 1. The second-order valence-electron chi connectivity index (χ2n) is 5.73. The van der Waals surface area contributed by atoms with E-state index in [-0.39, 0.29) is 5.91 Å². The molecular formula is C19H19N3O. The van der Waals surface area contributed by atoms with Gasteiger partial charge in [-0.1, -0.05) is 24.3 Å². The van der Waals surface area contributed by atoms with Crippen molar-refractivity contribution in [3.63, 3.8) is 0 Å². The van der Waals surface area contributed by atoms with Gasteiger partial charge < -0.3 is 10.2 Å². The van der Waals surface area contributed by atoms with Gasteiger partial charge in [0.05, 0.1) is 11.2 Å². The molecule has 0 bridgehead atoms. The molecule has 0 fully saturated rings. The molecule has 1 heterocycles. The number of nitrogens with zero attached hydrogens (tertiary/aromatic N) is 2.